The Balaban J connectivity index is 1.43. The van der Waals surface area contributed by atoms with Gasteiger partial charge in [-0.1, -0.05) is 24.3 Å². The third-order valence-electron chi connectivity index (χ3n) is 5.43. The first-order valence-corrected chi connectivity index (χ1v) is 12.1. The van der Waals surface area contributed by atoms with Gasteiger partial charge in [0.05, 0.1) is 26.0 Å². The van der Waals surface area contributed by atoms with Crippen molar-refractivity contribution < 1.29 is 41.8 Å². The fraction of sp³-hybridized carbons (Fsp3) is 0.214. The molecule has 0 aromatic heterocycles. The molecule has 0 unspecified atom stereocenters. The predicted octanol–water partition coefficient (Wildman–Crippen LogP) is 3.55. The fourth-order valence-corrected chi connectivity index (χ4v) is 3.46. The lowest BCUT2D eigenvalue weighted by atomic mass is 10.1. The second kappa shape index (κ2) is 14.4. The predicted molar refractivity (Wildman–Crippen MR) is 144 cm³/mol. The largest absolute Gasteiger partial charge is 0.493 e. The monoisotopic (exact) mass is 572 g/mol. The lowest BCUT2D eigenvalue weighted by Crippen LogP contribution is -2.38. The summed E-state index contributed by atoms with van der Waals surface area (Å²) < 4.78 is 54.3. The molecule has 0 heterocycles. The topological polar surface area (TPSA) is 127 Å². The summed E-state index contributed by atoms with van der Waals surface area (Å²) in [6.45, 7) is -0.261. The molecule has 0 fully saturated rings. The number of nitrogens with zero attached hydrogens (tertiary/aromatic N) is 1. The molecule has 3 aromatic carbocycles. The van der Waals surface area contributed by atoms with Crippen LogP contribution in [0.15, 0.2) is 71.8 Å². The number of carbonyl (C=O) groups excluding carboxylic acids is 3. The van der Waals surface area contributed by atoms with E-state index < -0.39 is 36.1 Å². The van der Waals surface area contributed by atoms with Crippen LogP contribution in [0.3, 0.4) is 0 Å². The number of alkyl halides is 3. The molecule has 0 saturated carbocycles. The molecular weight excluding hydrogens is 545 g/mol. The van der Waals surface area contributed by atoms with Crippen LogP contribution >= 0.6 is 0 Å². The third-order valence-corrected chi connectivity index (χ3v) is 5.43. The maximum absolute atomic E-state index is 12.8. The molecule has 3 rings (SSSR count). The van der Waals surface area contributed by atoms with E-state index in [0.29, 0.717) is 23.5 Å². The van der Waals surface area contributed by atoms with Gasteiger partial charge < -0.3 is 24.8 Å². The minimum atomic E-state index is -4.53. The fourth-order valence-electron chi connectivity index (χ4n) is 3.46. The molecule has 3 aromatic rings. The Labute approximate surface area is 233 Å². The van der Waals surface area contributed by atoms with Gasteiger partial charge in [0.2, 0.25) is 0 Å². The van der Waals surface area contributed by atoms with Crippen molar-refractivity contribution in [2.45, 2.75) is 12.6 Å². The molecule has 41 heavy (non-hydrogen) atoms. The van der Waals surface area contributed by atoms with Gasteiger partial charge in [-0.2, -0.15) is 18.3 Å². The highest BCUT2D eigenvalue weighted by molar-refractivity contribution is 6.35. The summed E-state index contributed by atoms with van der Waals surface area (Å²) in [6.07, 6.45) is -2.81. The number of hydrazone groups is 1. The highest BCUT2D eigenvalue weighted by Crippen LogP contribution is 2.30. The highest BCUT2D eigenvalue weighted by atomic mass is 19.4. The van der Waals surface area contributed by atoms with Crippen molar-refractivity contribution in [3.8, 4) is 17.2 Å². The number of benzene rings is 3. The Hall–Kier alpha value is -5.07. The first kappa shape index (κ1) is 30.5. The van der Waals surface area contributed by atoms with Crippen LogP contribution < -0.4 is 30.3 Å². The number of nitrogens with one attached hydrogen (secondary N) is 3. The molecule has 0 aliphatic heterocycles. The molecule has 3 N–H and O–H groups in total. The molecule has 0 bridgehead atoms. The normalized spacial score (nSPS) is 11.0. The number of ether oxygens (including phenoxy) is 3. The van der Waals surface area contributed by atoms with Gasteiger partial charge in [-0.25, -0.2) is 5.43 Å². The van der Waals surface area contributed by atoms with Crippen LogP contribution in [-0.4, -0.2) is 51.3 Å². The van der Waals surface area contributed by atoms with Gasteiger partial charge in [-0.3, -0.25) is 14.4 Å². The summed E-state index contributed by atoms with van der Waals surface area (Å²) in [5, 5.41) is 8.59. The van der Waals surface area contributed by atoms with E-state index in [-0.39, 0.29) is 18.0 Å². The quantitative estimate of drug-likeness (QED) is 0.183. The lowest BCUT2D eigenvalue weighted by Gasteiger charge is -2.10. The van der Waals surface area contributed by atoms with Crippen LogP contribution in [0.2, 0.25) is 0 Å². The summed E-state index contributed by atoms with van der Waals surface area (Å²) in [6, 6.07) is 15.9. The Kier molecular flexibility index (Phi) is 10.7. The average Bonchev–Trinajstić information content (AvgIpc) is 2.95. The van der Waals surface area contributed by atoms with E-state index >= 15 is 0 Å². The van der Waals surface area contributed by atoms with E-state index in [1.165, 1.54) is 38.6 Å². The van der Waals surface area contributed by atoms with Crippen molar-refractivity contribution >= 4 is 29.6 Å². The number of hydrogen-bond donors (Lipinski definition) is 3. The van der Waals surface area contributed by atoms with Gasteiger partial charge in [-0.15, -0.1) is 0 Å². The smallest absolute Gasteiger partial charge is 0.416 e. The number of hydrogen-bond acceptors (Lipinski definition) is 7. The summed E-state index contributed by atoms with van der Waals surface area (Å²) in [5.74, 6) is -1.09. The zero-order chi connectivity index (χ0) is 29.8. The maximum atomic E-state index is 12.8. The van der Waals surface area contributed by atoms with Gasteiger partial charge in [0.25, 0.3) is 5.91 Å². The zero-order valence-corrected chi connectivity index (χ0v) is 22.1. The molecular formula is C28H27F3N4O6. The highest BCUT2D eigenvalue weighted by Gasteiger charge is 2.30. The number of halogens is 3. The van der Waals surface area contributed by atoms with E-state index in [1.807, 2.05) is 6.07 Å². The van der Waals surface area contributed by atoms with Crippen molar-refractivity contribution in [2.24, 2.45) is 5.10 Å². The van der Waals surface area contributed by atoms with Gasteiger partial charge in [0.1, 0.15) is 5.75 Å². The number of amides is 3. The Bertz CT molecular complexity index is 1410. The van der Waals surface area contributed by atoms with Gasteiger partial charge in [0.15, 0.2) is 18.1 Å². The number of anilines is 1. The van der Waals surface area contributed by atoms with Gasteiger partial charge >= 0.3 is 18.0 Å². The minimum absolute atomic E-state index is 0.0185. The molecule has 0 saturated heterocycles. The van der Waals surface area contributed by atoms with Gasteiger partial charge in [-0.05, 0) is 60.0 Å². The summed E-state index contributed by atoms with van der Waals surface area (Å²) in [5.41, 5.74) is 2.57. The standard InChI is InChI=1S/C28H27F3N4O6/c1-39-23-10-9-18(14-24(23)40-2)11-12-32-26(37)27(38)35-33-16-19-5-3-8-22(13-19)41-17-25(36)34-21-7-4-6-20(15-21)28(29,30)31/h3-10,13-16H,11-12,17H2,1-2H3,(H,32,37)(H,34,36)(H,35,38)/b33-16-. The molecule has 10 nitrogen and oxygen atoms in total. The molecule has 0 radical (unpaired) electrons. The Morgan fingerprint density at radius 3 is 2.39 bits per heavy atom. The van der Waals surface area contributed by atoms with Crippen LogP contribution in [0.1, 0.15) is 16.7 Å². The van der Waals surface area contributed by atoms with Crippen LogP contribution in [0.4, 0.5) is 18.9 Å². The Morgan fingerprint density at radius 1 is 0.902 bits per heavy atom. The second-order valence-electron chi connectivity index (χ2n) is 8.38. The van der Waals surface area contributed by atoms with Crippen LogP contribution in [0.5, 0.6) is 17.2 Å². The van der Waals surface area contributed by atoms with E-state index in [9.17, 15) is 27.6 Å². The van der Waals surface area contributed by atoms with Crippen LogP contribution in [0, 0.1) is 0 Å². The molecule has 3 amide bonds. The second-order valence-corrected chi connectivity index (χ2v) is 8.38. The van der Waals surface area contributed by atoms with Gasteiger partial charge in [0, 0.05) is 12.2 Å². The zero-order valence-electron chi connectivity index (χ0n) is 22.1. The van der Waals surface area contributed by atoms with Crippen molar-refractivity contribution in [2.75, 3.05) is 32.7 Å². The minimum Gasteiger partial charge on any atom is -0.493 e. The molecule has 0 aliphatic carbocycles. The third kappa shape index (κ3) is 9.56. The number of carbonyl (C=O) groups is 3. The average molecular weight is 573 g/mol. The first-order valence-electron chi connectivity index (χ1n) is 12.1. The summed E-state index contributed by atoms with van der Waals surface area (Å²) in [7, 11) is 3.05. The van der Waals surface area contributed by atoms with E-state index in [4.69, 9.17) is 14.2 Å². The summed E-state index contributed by atoms with van der Waals surface area (Å²) >= 11 is 0. The maximum Gasteiger partial charge on any atom is 0.416 e. The molecule has 0 spiro atoms. The van der Waals surface area contributed by atoms with E-state index in [1.54, 1.807) is 30.3 Å². The molecule has 216 valence electrons. The van der Waals surface area contributed by atoms with Crippen molar-refractivity contribution in [1.29, 1.82) is 0 Å². The molecule has 13 heteroatoms. The van der Waals surface area contributed by atoms with Crippen molar-refractivity contribution in [1.82, 2.24) is 10.7 Å². The Morgan fingerprint density at radius 2 is 1.66 bits per heavy atom. The SMILES string of the molecule is COc1ccc(CCNC(=O)C(=O)N/N=C\c2cccc(OCC(=O)Nc3cccc(C(F)(F)F)c3)c2)cc1OC. The van der Waals surface area contributed by atoms with Crippen molar-refractivity contribution in [3.63, 3.8) is 0 Å². The molecule has 0 aliphatic rings. The van der Waals surface area contributed by atoms with Crippen LogP contribution in [0.25, 0.3) is 0 Å². The summed E-state index contributed by atoms with van der Waals surface area (Å²) in [4.78, 5) is 36.2. The number of methoxy groups -OCH3 is 2. The number of rotatable bonds is 11. The lowest BCUT2D eigenvalue weighted by molar-refractivity contribution is -0.139. The molecule has 0 atom stereocenters. The first-order chi connectivity index (χ1) is 19.6. The van der Waals surface area contributed by atoms with Crippen LogP contribution in [-0.2, 0) is 27.0 Å². The van der Waals surface area contributed by atoms with Crippen molar-refractivity contribution in [3.05, 3.63) is 83.4 Å². The van der Waals surface area contributed by atoms with E-state index in [2.05, 4.69) is 21.2 Å². The van der Waals surface area contributed by atoms with E-state index in [0.717, 1.165) is 17.7 Å².